The van der Waals surface area contributed by atoms with Gasteiger partial charge in [-0.1, -0.05) is 24.1 Å². The molecule has 0 radical (unpaired) electrons. The van der Waals surface area contributed by atoms with Crippen molar-refractivity contribution in [1.82, 2.24) is 5.32 Å². The van der Waals surface area contributed by atoms with Crippen molar-refractivity contribution in [3.05, 3.63) is 29.8 Å². The van der Waals surface area contributed by atoms with Crippen molar-refractivity contribution >= 4 is 17.7 Å². The molecule has 1 aromatic carbocycles. The summed E-state index contributed by atoms with van der Waals surface area (Å²) in [5.74, 6) is 2.39. The average molecular weight is 275 g/mol. The van der Waals surface area contributed by atoms with E-state index in [0.717, 1.165) is 11.8 Å². The van der Waals surface area contributed by atoms with Gasteiger partial charge in [0.05, 0.1) is 5.75 Å². The van der Waals surface area contributed by atoms with E-state index in [4.69, 9.17) is 0 Å². The number of benzene rings is 1. The summed E-state index contributed by atoms with van der Waals surface area (Å²) in [7, 11) is 0. The molecule has 2 saturated carbocycles. The molecule has 0 unspecified atom stereocenters. The maximum atomic E-state index is 12.0. The van der Waals surface area contributed by atoms with Crippen molar-refractivity contribution in [3.63, 3.8) is 0 Å². The highest BCUT2D eigenvalue weighted by atomic mass is 32.2. The smallest absolute Gasteiger partial charge is 0.230 e. The Bertz CT molecular complexity index is 456. The number of amides is 1. The van der Waals surface area contributed by atoms with Crippen molar-refractivity contribution in [2.75, 3.05) is 5.75 Å². The summed E-state index contributed by atoms with van der Waals surface area (Å²) in [4.78, 5) is 13.2. The fourth-order valence-corrected chi connectivity index (χ4v) is 4.16. The van der Waals surface area contributed by atoms with E-state index in [0.29, 0.717) is 11.8 Å². The van der Waals surface area contributed by atoms with Gasteiger partial charge in [0.2, 0.25) is 5.91 Å². The van der Waals surface area contributed by atoms with Gasteiger partial charge in [-0.25, -0.2) is 0 Å². The van der Waals surface area contributed by atoms with E-state index in [9.17, 15) is 4.79 Å². The first-order valence-corrected chi connectivity index (χ1v) is 8.18. The molecular formula is C16H21NOS. The van der Waals surface area contributed by atoms with Gasteiger partial charge in [-0.2, -0.15) is 0 Å². The van der Waals surface area contributed by atoms with Crippen LogP contribution in [0.1, 0.15) is 31.2 Å². The van der Waals surface area contributed by atoms with Crippen LogP contribution in [0, 0.1) is 18.8 Å². The monoisotopic (exact) mass is 275 g/mol. The molecule has 3 rings (SSSR count). The van der Waals surface area contributed by atoms with Gasteiger partial charge in [-0.05, 0) is 50.2 Å². The van der Waals surface area contributed by atoms with Crippen LogP contribution in [0.15, 0.2) is 29.2 Å². The van der Waals surface area contributed by atoms with Crippen LogP contribution in [0.25, 0.3) is 0 Å². The van der Waals surface area contributed by atoms with Crippen LogP contribution in [0.2, 0.25) is 0 Å². The maximum Gasteiger partial charge on any atom is 0.230 e. The van der Waals surface area contributed by atoms with Crippen LogP contribution in [0.5, 0.6) is 0 Å². The van der Waals surface area contributed by atoms with Gasteiger partial charge >= 0.3 is 0 Å². The van der Waals surface area contributed by atoms with Gasteiger partial charge in [0.1, 0.15) is 0 Å². The lowest BCUT2D eigenvalue weighted by molar-refractivity contribution is -0.119. The molecule has 3 heteroatoms. The highest BCUT2D eigenvalue weighted by Gasteiger charge is 2.39. The van der Waals surface area contributed by atoms with Crippen molar-refractivity contribution in [1.29, 1.82) is 0 Å². The minimum absolute atomic E-state index is 0.197. The van der Waals surface area contributed by atoms with E-state index in [1.54, 1.807) is 11.8 Å². The first kappa shape index (κ1) is 13.0. The number of thioether (sulfide) groups is 1. The van der Waals surface area contributed by atoms with Gasteiger partial charge in [-0.15, -0.1) is 11.8 Å². The van der Waals surface area contributed by atoms with Crippen LogP contribution >= 0.6 is 11.8 Å². The molecule has 0 spiro atoms. The van der Waals surface area contributed by atoms with E-state index >= 15 is 0 Å². The van der Waals surface area contributed by atoms with E-state index in [1.807, 2.05) is 0 Å². The van der Waals surface area contributed by atoms with Crippen LogP contribution < -0.4 is 5.32 Å². The van der Waals surface area contributed by atoms with Gasteiger partial charge in [-0.3, -0.25) is 4.79 Å². The third kappa shape index (κ3) is 3.14. The van der Waals surface area contributed by atoms with Gasteiger partial charge in [0, 0.05) is 10.9 Å². The zero-order valence-electron chi connectivity index (χ0n) is 11.4. The molecule has 2 fully saturated rings. The number of hydrogen-bond donors (Lipinski definition) is 1. The fraction of sp³-hybridized carbons (Fsp3) is 0.562. The minimum Gasteiger partial charge on any atom is -0.352 e. The lowest BCUT2D eigenvalue weighted by atomic mass is 9.95. The highest BCUT2D eigenvalue weighted by molar-refractivity contribution is 8.00. The van der Waals surface area contributed by atoms with E-state index < -0.39 is 0 Å². The van der Waals surface area contributed by atoms with Crippen LogP contribution in [-0.2, 0) is 4.79 Å². The summed E-state index contributed by atoms with van der Waals surface area (Å²) in [6.45, 7) is 2.08. The Hall–Kier alpha value is -0.960. The van der Waals surface area contributed by atoms with E-state index in [1.165, 1.54) is 36.1 Å². The molecule has 1 amide bonds. The second-order valence-corrected chi connectivity index (χ2v) is 7.00. The van der Waals surface area contributed by atoms with E-state index in [2.05, 4.69) is 36.5 Å². The summed E-state index contributed by atoms with van der Waals surface area (Å²) in [6.07, 6.45) is 5.26. The predicted octanol–water partition coefficient (Wildman–Crippen LogP) is 3.39. The Morgan fingerprint density at radius 2 is 2.05 bits per heavy atom. The minimum atomic E-state index is 0.197. The fourth-order valence-electron chi connectivity index (χ4n) is 3.45. The maximum absolute atomic E-state index is 12.0. The quantitative estimate of drug-likeness (QED) is 0.853. The zero-order valence-corrected chi connectivity index (χ0v) is 12.2. The summed E-state index contributed by atoms with van der Waals surface area (Å²) in [6, 6.07) is 8.83. The Balaban J connectivity index is 1.45. The molecule has 1 N–H and O–H groups in total. The molecule has 0 aromatic heterocycles. The zero-order chi connectivity index (χ0) is 13.2. The largest absolute Gasteiger partial charge is 0.352 e. The number of fused-ring (bicyclic) bond motifs is 2. The Kier molecular flexibility index (Phi) is 3.83. The van der Waals surface area contributed by atoms with Gasteiger partial charge < -0.3 is 5.32 Å². The lowest BCUT2D eigenvalue weighted by Gasteiger charge is -2.22. The average Bonchev–Trinajstić information content (AvgIpc) is 3.00. The van der Waals surface area contributed by atoms with E-state index in [-0.39, 0.29) is 5.91 Å². The summed E-state index contributed by atoms with van der Waals surface area (Å²) in [5.41, 5.74) is 1.26. The second kappa shape index (κ2) is 5.58. The van der Waals surface area contributed by atoms with Crippen molar-refractivity contribution < 1.29 is 4.79 Å². The number of hydrogen-bond acceptors (Lipinski definition) is 2. The third-order valence-corrected chi connectivity index (χ3v) is 5.49. The molecule has 0 heterocycles. The normalized spacial score (nSPS) is 28.6. The molecule has 2 aliphatic carbocycles. The molecule has 102 valence electrons. The topological polar surface area (TPSA) is 29.1 Å². The first-order chi connectivity index (χ1) is 9.20. The molecule has 19 heavy (non-hydrogen) atoms. The number of aryl methyl sites for hydroxylation is 1. The number of nitrogens with one attached hydrogen (secondary N) is 1. The summed E-state index contributed by atoms with van der Waals surface area (Å²) in [5, 5.41) is 3.23. The highest BCUT2D eigenvalue weighted by Crippen LogP contribution is 2.44. The van der Waals surface area contributed by atoms with Crippen molar-refractivity contribution in [2.24, 2.45) is 11.8 Å². The Morgan fingerprint density at radius 3 is 2.68 bits per heavy atom. The Morgan fingerprint density at radius 1 is 1.26 bits per heavy atom. The number of carbonyl (C=O) groups is 1. The number of carbonyl (C=O) groups excluding carboxylic acids is 1. The third-order valence-electron chi connectivity index (χ3n) is 4.48. The lowest BCUT2D eigenvalue weighted by Crippen LogP contribution is -2.39. The molecule has 2 nitrogen and oxygen atoms in total. The van der Waals surface area contributed by atoms with Crippen molar-refractivity contribution in [2.45, 2.75) is 43.5 Å². The standard InChI is InChI=1S/C16H21NOS/c1-11-2-6-14(7-3-11)19-10-16(18)17-15-9-12-4-5-13(15)8-12/h2-3,6-7,12-13,15H,4-5,8-10H2,1H3,(H,17,18)/t12-,13-,15-/m1/s1. The molecule has 2 aliphatic rings. The summed E-state index contributed by atoms with van der Waals surface area (Å²) >= 11 is 1.63. The Labute approximate surface area is 119 Å². The first-order valence-electron chi connectivity index (χ1n) is 7.19. The molecule has 0 saturated heterocycles. The molecule has 1 aromatic rings. The van der Waals surface area contributed by atoms with Crippen LogP contribution in [0.3, 0.4) is 0 Å². The number of rotatable bonds is 4. The predicted molar refractivity (Wildman–Crippen MR) is 79.3 cm³/mol. The second-order valence-electron chi connectivity index (χ2n) is 5.95. The van der Waals surface area contributed by atoms with Crippen LogP contribution in [-0.4, -0.2) is 17.7 Å². The SMILES string of the molecule is Cc1ccc(SCC(=O)N[C@@H]2C[C@@H]3CC[C@@H]2C3)cc1. The van der Waals surface area contributed by atoms with Gasteiger partial charge in [0.15, 0.2) is 0 Å². The molecule has 0 aliphatic heterocycles. The van der Waals surface area contributed by atoms with Gasteiger partial charge in [0.25, 0.3) is 0 Å². The summed E-state index contributed by atoms with van der Waals surface area (Å²) < 4.78 is 0. The van der Waals surface area contributed by atoms with Crippen LogP contribution in [0.4, 0.5) is 0 Å². The molecule has 3 atom stereocenters. The molecule has 2 bridgehead atoms. The van der Waals surface area contributed by atoms with Crippen molar-refractivity contribution in [3.8, 4) is 0 Å². The molecular weight excluding hydrogens is 254 g/mol.